The number of rotatable bonds is 5. The van der Waals surface area contributed by atoms with Crippen molar-refractivity contribution in [2.45, 2.75) is 58.0 Å². The van der Waals surface area contributed by atoms with E-state index in [1.807, 2.05) is 18.7 Å². The fourth-order valence-electron chi connectivity index (χ4n) is 2.75. The standard InChI is InChI=1S/C15H23N3O3/c1-11(2)18-10-12(9-16-18)15(21)17-8-4-3-5-13(17)6-7-14(19)20/h9-11,13H,3-8H2,1-2H3,(H,19,20). The summed E-state index contributed by atoms with van der Waals surface area (Å²) in [5.74, 6) is -0.836. The second-order valence-corrected chi connectivity index (χ2v) is 5.88. The van der Waals surface area contributed by atoms with Crippen LogP contribution in [0, 0.1) is 0 Å². The number of hydrogen-bond acceptors (Lipinski definition) is 3. The van der Waals surface area contributed by atoms with E-state index in [4.69, 9.17) is 5.11 Å². The van der Waals surface area contributed by atoms with Crippen molar-refractivity contribution in [3.8, 4) is 0 Å². The first-order chi connectivity index (χ1) is 9.99. The van der Waals surface area contributed by atoms with Gasteiger partial charge in [0.05, 0.1) is 11.8 Å². The molecule has 2 heterocycles. The molecule has 1 aliphatic heterocycles. The van der Waals surface area contributed by atoms with Crippen LogP contribution < -0.4 is 0 Å². The van der Waals surface area contributed by atoms with Crippen LogP contribution in [0.5, 0.6) is 0 Å². The lowest BCUT2D eigenvalue weighted by Gasteiger charge is -2.35. The highest BCUT2D eigenvalue weighted by Crippen LogP contribution is 2.23. The van der Waals surface area contributed by atoms with E-state index in [1.54, 1.807) is 17.1 Å². The summed E-state index contributed by atoms with van der Waals surface area (Å²) in [7, 11) is 0. The van der Waals surface area contributed by atoms with Crippen molar-refractivity contribution in [2.24, 2.45) is 0 Å². The van der Waals surface area contributed by atoms with Gasteiger partial charge in [0.2, 0.25) is 0 Å². The molecule has 1 fully saturated rings. The van der Waals surface area contributed by atoms with Gasteiger partial charge in [-0.25, -0.2) is 0 Å². The van der Waals surface area contributed by atoms with E-state index < -0.39 is 5.97 Å². The number of carbonyl (C=O) groups excluding carboxylic acids is 1. The van der Waals surface area contributed by atoms with Crippen LogP contribution in [0.15, 0.2) is 12.4 Å². The molecular weight excluding hydrogens is 270 g/mol. The molecule has 0 spiro atoms. The van der Waals surface area contributed by atoms with Crippen molar-refractivity contribution in [3.63, 3.8) is 0 Å². The van der Waals surface area contributed by atoms with E-state index in [1.165, 1.54) is 0 Å². The Morgan fingerprint density at radius 3 is 2.81 bits per heavy atom. The number of carboxylic acid groups (broad SMARTS) is 1. The largest absolute Gasteiger partial charge is 0.481 e. The molecule has 1 saturated heterocycles. The number of likely N-dealkylation sites (tertiary alicyclic amines) is 1. The Morgan fingerprint density at radius 2 is 2.19 bits per heavy atom. The predicted molar refractivity (Wildman–Crippen MR) is 78.2 cm³/mol. The topological polar surface area (TPSA) is 75.4 Å². The van der Waals surface area contributed by atoms with Crippen molar-refractivity contribution in [1.29, 1.82) is 0 Å². The number of nitrogens with zero attached hydrogens (tertiary/aromatic N) is 3. The van der Waals surface area contributed by atoms with Crippen LogP contribution >= 0.6 is 0 Å². The van der Waals surface area contributed by atoms with Gasteiger partial charge >= 0.3 is 5.97 Å². The molecule has 1 amide bonds. The summed E-state index contributed by atoms with van der Waals surface area (Å²) in [6.07, 6.45) is 6.93. The summed E-state index contributed by atoms with van der Waals surface area (Å²) < 4.78 is 1.77. The molecule has 0 saturated carbocycles. The summed E-state index contributed by atoms with van der Waals surface area (Å²) >= 11 is 0. The zero-order valence-corrected chi connectivity index (χ0v) is 12.7. The van der Waals surface area contributed by atoms with Crippen molar-refractivity contribution in [2.75, 3.05) is 6.54 Å². The summed E-state index contributed by atoms with van der Waals surface area (Å²) in [6.45, 7) is 4.73. The zero-order valence-electron chi connectivity index (χ0n) is 12.7. The number of carboxylic acids is 1. The summed E-state index contributed by atoms with van der Waals surface area (Å²) in [5.41, 5.74) is 0.589. The summed E-state index contributed by atoms with van der Waals surface area (Å²) in [5, 5.41) is 13.0. The molecule has 6 nitrogen and oxygen atoms in total. The number of piperidine rings is 1. The maximum Gasteiger partial charge on any atom is 0.303 e. The second kappa shape index (κ2) is 6.74. The maximum atomic E-state index is 12.6. The molecule has 2 rings (SSSR count). The van der Waals surface area contributed by atoms with Gasteiger partial charge in [-0.2, -0.15) is 5.10 Å². The van der Waals surface area contributed by atoms with Crippen LogP contribution in [0.4, 0.5) is 0 Å². The highest BCUT2D eigenvalue weighted by molar-refractivity contribution is 5.94. The molecule has 1 aromatic rings. The van der Waals surface area contributed by atoms with Crippen LogP contribution in [0.1, 0.15) is 62.4 Å². The predicted octanol–water partition coefficient (Wildman–Crippen LogP) is 2.32. The molecule has 1 unspecified atom stereocenters. The molecular formula is C15H23N3O3. The van der Waals surface area contributed by atoms with E-state index >= 15 is 0 Å². The van der Waals surface area contributed by atoms with Crippen molar-refractivity contribution in [3.05, 3.63) is 18.0 Å². The number of aromatic nitrogens is 2. The molecule has 1 aromatic heterocycles. The van der Waals surface area contributed by atoms with Gasteiger partial charge < -0.3 is 10.0 Å². The normalized spacial score (nSPS) is 19.0. The summed E-state index contributed by atoms with van der Waals surface area (Å²) in [6, 6.07) is 0.250. The zero-order chi connectivity index (χ0) is 15.4. The quantitative estimate of drug-likeness (QED) is 0.904. The third-order valence-electron chi connectivity index (χ3n) is 3.96. The van der Waals surface area contributed by atoms with Crippen molar-refractivity contribution in [1.82, 2.24) is 14.7 Å². The van der Waals surface area contributed by atoms with E-state index in [9.17, 15) is 9.59 Å². The fraction of sp³-hybridized carbons (Fsp3) is 0.667. The Bertz CT molecular complexity index is 510. The molecule has 1 aliphatic rings. The van der Waals surface area contributed by atoms with E-state index in [-0.39, 0.29) is 24.4 Å². The number of aliphatic carboxylic acids is 1. The lowest BCUT2D eigenvalue weighted by Crippen LogP contribution is -2.43. The molecule has 0 bridgehead atoms. The molecule has 0 aliphatic carbocycles. The Kier molecular flexibility index (Phi) is 4.98. The Balaban J connectivity index is 2.08. The second-order valence-electron chi connectivity index (χ2n) is 5.88. The minimum Gasteiger partial charge on any atom is -0.481 e. The van der Waals surface area contributed by atoms with Gasteiger partial charge in [0.15, 0.2) is 0 Å². The van der Waals surface area contributed by atoms with Crippen LogP contribution in [-0.2, 0) is 4.79 Å². The van der Waals surface area contributed by atoms with Crippen LogP contribution in [0.3, 0.4) is 0 Å². The first-order valence-electron chi connectivity index (χ1n) is 7.56. The Morgan fingerprint density at radius 1 is 1.43 bits per heavy atom. The number of hydrogen-bond donors (Lipinski definition) is 1. The van der Waals surface area contributed by atoms with Crippen LogP contribution in [0.25, 0.3) is 0 Å². The molecule has 1 atom stereocenters. The first-order valence-corrected chi connectivity index (χ1v) is 7.56. The first kappa shape index (κ1) is 15.5. The van der Waals surface area contributed by atoms with Gasteiger partial charge in [-0.3, -0.25) is 14.3 Å². The molecule has 1 N–H and O–H groups in total. The minimum atomic E-state index is -0.805. The highest BCUT2D eigenvalue weighted by Gasteiger charge is 2.28. The Labute approximate surface area is 124 Å². The van der Waals surface area contributed by atoms with E-state index in [0.717, 1.165) is 19.3 Å². The molecule has 116 valence electrons. The van der Waals surface area contributed by atoms with Crippen molar-refractivity contribution >= 4 is 11.9 Å². The smallest absolute Gasteiger partial charge is 0.303 e. The summed E-state index contributed by atoms with van der Waals surface area (Å²) in [4.78, 5) is 25.2. The van der Waals surface area contributed by atoms with Gasteiger partial charge in [-0.05, 0) is 39.5 Å². The number of amides is 1. The third kappa shape index (κ3) is 3.83. The maximum absolute atomic E-state index is 12.6. The van der Waals surface area contributed by atoms with Gasteiger partial charge in [-0.15, -0.1) is 0 Å². The van der Waals surface area contributed by atoms with Crippen LogP contribution in [0.2, 0.25) is 0 Å². The van der Waals surface area contributed by atoms with Crippen molar-refractivity contribution < 1.29 is 14.7 Å². The van der Waals surface area contributed by atoms with E-state index in [2.05, 4.69) is 5.10 Å². The van der Waals surface area contributed by atoms with E-state index in [0.29, 0.717) is 18.5 Å². The minimum absolute atomic E-state index is 0.0306. The third-order valence-corrected chi connectivity index (χ3v) is 3.96. The molecule has 0 aromatic carbocycles. The average molecular weight is 293 g/mol. The SMILES string of the molecule is CC(C)n1cc(C(=O)N2CCCCC2CCC(=O)O)cn1. The van der Waals surface area contributed by atoms with Gasteiger partial charge in [0.1, 0.15) is 0 Å². The monoisotopic (exact) mass is 293 g/mol. The lowest BCUT2D eigenvalue weighted by atomic mass is 9.97. The highest BCUT2D eigenvalue weighted by atomic mass is 16.4. The molecule has 0 radical (unpaired) electrons. The van der Waals surface area contributed by atoms with Crippen LogP contribution in [-0.4, -0.2) is 44.3 Å². The average Bonchev–Trinajstić information content (AvgIpc) is 2.94. The fourth-order valence-corrected chi connectivity index (χ4v) is 2.75. The van der Waals surface area contributed by atoms with Gasteiger partial charge in [0, 0.05) is 31.2 Å². The van der Waals surface area contributed by atoms with Gasteiger partial charge in [0.25, 0.3) is 5.91 Å². The lowest BCUT2D eigenvalue weighted by molar-refractivity contribution is -0.137. The Hall–Kier alpha value is -1.85. The molecule has 6 heteroatoms. The van der Waals surface area contributed by atoms with Gasteiger partial charge in [-0.1, -0.05) is 0 Å². The number of carbonyl (C=O) groups is 2. The molecule has 21 heavy (non-hydrogen) atoms.